The molecule has 1 aliphatic rings. The fraction of sp³-hybridized carbons (Fsp3) is 1.00. The van der Waals surface area contributed by atoms with Crippen LogP contribution in [0.25, 0.3) is 0 Å². The Morgan fingerprint density at radius 1 is 1.38 bits per heavy atom. The SMILES string of the molecule is CC[N+]1(CC)C(C)CCCC1(C)I. The number of rotatable bonds is 2. The maximum absolute atomic E-state index is 2.69. The molecule has 2 unspecified atom stereocenters. The van der Waals surface area contributed by atoms with E-state index in [2.05, 4.69) is 50.3 Å². The lowest BCUT2D eigenvalue weighted by atomic mass is 9.93. The zero-order chi connectivity index (χ0) is 10.1. The summed E-state index contributed by atoms with van der Waals surface area (Å²) in [5.41, 5.74) is 0. The Morgan fingerprint density at radius 3 is 2.23 bits per heavy atom. The maximum atomic E-state index is 2.69. The fourth-order valence-electron chi connectivity index (χ4n) is 3.16. The van der Waals surface area contributed by atoms with Gasteiger partial charge in [-0.2, -0.15) is 0 Å². The molecule has 0 amide bonds. The molecule has 78 valence electrons. The first kappa shape index (κ1) is 11.8. The van der Waals surface area contributed by atoms with E-state index in [-0.39, 0.29) is 0 Å². The molecule has 0 N–H and O–H groups in total. The molecule has 1 rings (SSSR count). The van der Waals surface area contributed by atoms with E-state index < -0.39 is 0 Å². The van der Waals surface area contributed by atoms with Crippen molar-refractivity contribution in [2.45, 2.75) is 56.5 Å². The summed E-state index contributed by atoms with van der Waals surface area (Å²) in [7, 11) is 0. The maximum Gasteiger partial charge on any atom is 0.146 e. The molecule has 0 aromatic heterocycles. The number of halogens is 1. The van der Waals surface area contributed by atoms with Crippen LogP contribution in [0.15, 0.2) is 0 Å². The molecule has 0 aliphatic carbocycles. The van der Waals surface area contributed by atoms with Gasteiger partial charge < -0.3 is 4.48 Å². The van der Waals surface area contributed by atoms with Crippen molar-refractivity contribution in [2.75, 3.05) is 13.1 Å². The molecule has 0 bridgehead atoms. The highest BCUT2D eigenvalue weighted by atomic mass is 127. The van der Waals surface area contributed by atoms with Crippen LogP contribution < -0.4 is 0 Å². The molecule has 1 fully saturated rings. The van der Waals surface area contributed by atoms with Gasteiger partial charge in [-0.3, -0.25) is 0 Å². The molecule has 13 heavy (non-hydrogen) atoms. The smallest absolute Gasteiger partial charge is 0.146 e. The van der Waals surface area contributed by atoms with Gasteiger partial charge in [-0.15, -0.1) is 0 Å². The minimum atomic E-state index is 0.471. The summed E-state index contributed by atoms with van der Waals surface area (Å²) in [5.74, 6) is 0. The standard InChI is InChI=1S/C11H23IN/c1-5-13(6-2)10(3)8-7-9-11(13,4)12/h10H,5-9H2,1-4H3/q+1. The third-order valence-corrected chi connectivity index (χ3v) is 5.66. The second-order valence-electron chi connectivity index (χ2n) is 4.55. The van der Waals surface area contributed by atoms with Gasteiger partial charge in [-0.05, 0) is 56.2 Å². The molecule has 0 radical (unpaired) electrons. The average molecular weight is 296 g/mol. The summed E-state index contributed by atoms with van der Waals surface area (Å²) in [6.07, 6.45) is 4.22. The van der Waals surface area contributed by atoms with Gasteiger partial charge in [0.25, 0.3) is 0 Å². The summed E-state index contributed by atoms with van der Waals surface area (Å²) in [6.45, 7) is 12.2. The lowest BCUT2D eigenvalue weighted by Crippen LogP contribution is -2.66. The predicted molar refractivity (Wildman–Crippen MR) is 67.1 cm³/mol. The monoisotopic (exact) mass is 296 g/mol. The average Bonchev–Trinajstić information content (AvgIpc) is 2.05. The van der Waals surface area contributed by atoms with Crippen molar-refractivity contribution in [1.29, 1.82) is 0 Å². The Kier molecular flexibility index (Phi) is 3.67. The summed E-state index contributed by atoms with van der Waals surface area (Å²) < 4.78 is 1.78. The third kappa shape index (κ3) is 1.76. The molecular weight excluding hydrogens is 273 g/mol. The highest BCUT2D eigenvalue weighted by molar-refractivity contribution is 14.1. The Bertz CT molecular complexity index is 173. The van der Waals surface area contributed by atoms with E-state index in [1.54, 1.807) is 0 Å². The first-order valence-corrected chi connectivity index (χ1v) is 6.64. The summed E-state index contributed by atoms with van der Waals surface area (Å²) >= 11 is 2.69. The number of nitrogens with zero attached hydrogens (tertiary/aromatic N) is 1. The lowest BCUT2D eigenvalue weighted by molar-refractivity contribution is -0.977. The predicted octanol–water partition coefficient (Wildman–Crippen LogP) is 3.57. The molecule has 2 heteroatoms. The van der Waals surface area contributed by atoms with E-state index in [1.807, 2.05) is 0 Å². The summed E-state index contributed by atoms with van der Waals surface area (Å²) in [4.78, 5) is 0. The van der Waals surface area contributed by atoms with Crippen molar-refractivity contribution in [3.05, 3.63) is 0 Å². The number of hydrogen-bond acceptors (Lipinski definition) is 0. The van der Waals surface area contributed by atoms with Crippen LogP contribution in [0, 0.1) is 0 Å². The van der Waals surface area contributed by atoms with E-state index in [1.165, 1.54) is 36.8 Å². The highest BCUT2D eigenvalue weighted by Crippen LogP contribution is 2.43. The Morgan fingerprint density at radius 2 is 1.92 bits per heavy atom. The van der Waals surface area contributed by atoms with Gasteiger partial charge in [0.1, 0.15) is 3.55 Å². The van der Waals surface area contributed by atoms with Crippen LogP contribution in [0.4, 0.5) is 0 Å². The van der Waals surface area contributed by atoms with Crippen molar-refractivity contribution in [3.63, 3.8) is 0 Å². The molecule has 1 aliphatic heterocycles. The van der Waals surface area contributed by atoms with Gasteiger partial charge in [-0.1, -0.05) is 0 Å². The number of likely N-dealkylation sites (tertiary alicyclic amines) is 1. The van der Waals surface area contributed by atoms with Gasteiger partial charge in [0.15, 0.2) is 0 Å². The van der Waals surface area contributed by atoms with E-state index in [0.717, 1.165) is 6.04 Å². The molecule has 0 spiro atoms. The van der Waals surface area contributed by atoms with Gasteiger partial charge in [-0.25, -0.2) is 0 Å². The molecule has 0 aromatic rings. The Labute approximate surface area is 96.6 Å². The van der Waals surface area contributed by atoms with Crippen molar-refractivity contribution in [3.8, 4) is 0 Å². The van der Waals surface area contributed by atoms with Crippen molar-refractivity contribution >= 4 is 22.6 Å². The number of alkyl halides is 1. The normalized spacial score (nSPS) is 39.0. The van der Waals surface area contributed by atoms with Gasteiger partial charge in [0.05, 0.1) is 19.1 Å². The minimum Gasteiger partial charge on any atom is -0.309 e. The third-order valence-electron chi connectivity index (χ3n) is 4.16. The second-order valence-corrected chi connectivity index (χ2v) is 6.87. The molecule has 1 heterocycles. The number of piperidine rings is 1. The highest BCUT2D eigenvalue weighted by Gasteiger charge is 2.48. The largest absolute Gasteiger partial charge is 0.309 e. The van der Waals surface area contributed by atoms with E-state index in [0.29, 0.717) is 3.55 Å². The second kappa shape index (κ2) is 4.05. The van der Waals surface area contributed by atoms with Gasteiger partial charge in [0.2, 0.25) is 0 Å². The summed E-state index contributed by atoms with van der Waals surface area (Å²) in [6, 6.07) is 0.852. The van der Waals surface area contributed by atoms with Crippen molar-refractivity contribution < 1.29 is 4.48 Å². The zero-order valence-corrected chi connectivity index (χ0v) is 11.6. The van der Waals surface area contributed by atoms with Gasteiger partial charge >= 0.3 is 0 Å². The number of hydrogen-bond donors (Lipinski definition) is 0. The summed E-state index contributed by atoms with van der Waals surface area (Å²) in [5, 5.41) is 0. The molecule has 1 saturated heterocycles. The molecule has 0 aromatic carbocycles. The van der Waals surface area contributed by atoms with E-state index in [4.69, 9.17) is 0 Å². The van der Waals surface area contributed by atoms with Crippen LogP contribution in [-0.2, 0) is 0 Å². The van der Waals surface area contributed by atoms with Crippen LogP contribution >= 0.6 is 22.6 Å². The molecule has 0 saturated carbocycles. The first-order chi connectivity index (χ1) is 6.00. The van der Waals surface area contributed by atoms with Crippen LogP contribution in [-0.4, -0.2) is 27.2 Å². The first-order valence-electron chi connectivity index (χ1n) is 5.56. The van der Waals surface area contributed by atoms with Crippen LogP contribution in [0.2, 0.25) is 0 Å². The molecular formula is C11H23IN+. The quantitative estimate of drug-likeness (QED) is 0.316. The minimum absolute atomic E-state index is 0.471. The van der Waals surface area contributed by atoms with Crippen molar-refractivity contribution in [2.24, 2.45) is 0 Å². The van der Waals surface area contributed by atoms with Crippen LogP contribution in [0.3, 0.4) is 0 Å². The fourth-order valence-corrected chi connectivity index (χ4v) is 4.69. The van der Waals surface area contributed by atoms with Crippen LogP contribution in [0.1, 0.15) is 47.0 Å². The van der Waals surface area contributed by atoms with E-state index >= 15 is 0 Å². The topological polar surface area (TPSA) is 0 Å². The van der Waals surface area contributed by atoms with Crippen molar-refractivity contribution in [1.82, 2.24) is 0 Å². The molecule has 1 nitrogen and oxygen atoms in total. The van der Waals surface area contributed by atoms with Gasteiger partial charge in [0, 0.05) is 13.3 Å². The molecule has 2 atom stereocenters. The Balaban J connectivity index is 2.96. The Hall–Kier alpha value is 0.690. The lowest BCUT2D eigenvalue weighted by Gasteiger charge is -2.55. The van der Waals surface area contributed by atoms with E-state index in [9.17, 15) is 0 Å². The van der Waals surface area contributed by atoms with Crippen LogP contribution in [0.5, 0.6) is 0 Å². The zero-order valence-electron chi connectivity index (χ0n) is 9.44. The number of quaternary nitrogens is 1.